The lowest BCUT2D eigenvalue weighted by Gasteiger charge is -2.36. The van der Waals surface area contributed by atoms with Gasteiger partial charge < -0.3 is 9.80 Å². The quantitative estimate of drug-likeness (QED) is 0.603. The van der Waals surface area contributed by atoms with Crippen LogP contribution in [-0.4, -0.2) is 55.1 Å². The van der Waals surface area contributed by atoms with E-state index in [0.717, 1.165) is 36.5 Å². The van der Waals surface area contributed by atoms with Gasteiger partial charge in [0.25, 0.3) is 5.91 Å². The SMILES string of the molecule is O=C(c1csc(C2CC[N]CC2C2CCCC2)n1)N1CCN(c2cccc(C(F)(F)F)c2)CC1. The summed E-state index contributed by atoms with van der Waals surface area (Å²) in [6, 6.07) is 5.39. The van der Waals surface area contributed by atoms with E-state index in [1.807, 2.05) is 10.3 Å². The topological polar surface area (TPSA) is 50.5 Å². The first-order chi connectivity index (χ1) is 16.4. The standard InChI is InChI=1S/C25H30F3N4OS/c26-25(27,28)18-6-3-7-19(14-18)31-10-12-32(13-11-31)24(33)22-16-34-23(30-22)20-8-9-29-15-21(20)17-4-1-2-5-17/h3,6-7,14,16-17,20-21H,1-2,4-5,8-13,15H2. The Morgan fingerprint density at radius 3 is 2.56 bits per heavy atom. The van der Waals surface area contributed by atoms with Crippen molar-refractivity contribution in [1.82, 2.24) is 15.2 Å². The average molecular weight is 492 g/mol. The smallest absolute Gasteiger partial charge is 0.368 e. The minimum atomic E-state index is -4.36. The van der Waals surface area contributed by atoms with Gasteiger partial charge in [-0.1, -0.05) is 31.7 Å². The van der Waals surface area contributed by atoms with Crippen LogP contribution >= 0.6 is 11.3 Å². The second-order valence-corrected chi connectivity index (χ2v) is 10.5. The molecule has 5 rings (SSSR count). The highest BCUT2D eigenvalue weighted by molar-refractivity contribution is 7.09. The zero-order valence-electron chi connectivity index (χ0n) is 19.1. The minimum absolute atomic E-state index is 0.0795. The van der Waals surface area contributed by atoms with E-state index in [9.17, 15) is 18.0 Å². The van der Waals surface area contributed by atoms with Crippen LogP contribution < -0.4 is 10.2 Å². The molecule has 34 heavy (non-hydrogen) atoms. The van der Waals surface area contributed by atoms with Crippen molar-refractivity contribution in [3.05, 3.63) is 45.9 Å². The molecule has 1 saturated carbocycles. The predicted molar refractivity (Wildman–Crippen MR) is 126 cm³/mol. The van der Waals surface area contributed by atoms with E-state index in [2.05, 4.69) is 5.32 Å². The van der Waals surface area contributed by atoms with Crippen LogP contribution in [0.5, 0.6) is 0 Å². The summed E-state index contributed by atoms with van der Waals surface area (Å²) in [5.41, 5.74) is 0.392. The number of carbonyl (C=O) groups excluding carboxylic acids is 1. The van der Waals surface area contributed by atoms with Crippen molar-refractivity contribution >= 4 is 22.9 Å². The van der Waals surface area contributed by atoms with Gasteiger partial charge in [0.2, 0.25) is 0 Å². The largest absolute Gasteiger partial charge is 0.416 e. The number of aromatic nitrogens is 1. The predicted octanol–water partition coefficient (Wildman–Crippen LogP) is 5.02. The number of rotatable bonds is 4. The number of carbonyl (C=O) groups is 1. The van der Waals surface area contributed by atoms with Gasteiger partial charge in [0, 0.05) is 56.3 Å². The van der Waals surface area contributed by atoms with E-state index in [4.69, 9.17) is 4.98 Å². The second kappa shape index (κ2) is 9.85. The molecular formula is C25H30F3N4OS. The maximum absolute atomic E-state index is 13.1. The van der Waals surface area contributed by atoms with Crippen LogP contribution in [0.25, 0.3) is 0 Å². The van der Waals surface area contributed by atoms with Gasteiger partial charge in [0.05, 0.1) is 10.6 Å². The third-order valence-corrected chi connectivity index (χ3v) is 8.60. The number of piperazine rings is 1. The first-order valence-corrected chi connectivity index (χ1v) is 13.1. The molecule has 3 fully saturated rings. The van der Waals surface area contributed by atoms with Crippen molar-refractivity contribution in [3.8, 4) is 0 Å². The van der Waals surface area contributed by atoms with Crippen molar-refractivity contribution in [2.75, 3.05) is 44.2 Å². The molecule has 2 aromatic rings. The summed E-state index contributed by atoms with van der Waals surface area (Å²) in [7, 11) is 0. The Labute approximate surface area is 202 Å². The Hall–Kier alpha value is -2.13. The molecule has 1 aromatic heterocycles. The van der Waals surface area contributed by atoms with Gasteiger partial charge in [0.1, 0.15) is 5.69 Å². The fourth-order valence-corrected chi connectivity index (χ4v) is 6.75. The zero-order chi connectivity index (χ0) is 23.7. The summed E-state index contributed by atoms with van der Waals surface area (Å²) in [6.45, 7) is 3.71. The van der Waals surface area contributed by atoms with Crippen LogP contribution in [0.1, 0.15) is 59.1 Å². The molecule has 3 heterocycles. The molecule has 1 aromatic carbocycles. The molecule has 2 unspecified atom stereocenters. The fraction of sp³-hybridized carbons (Fsp3) is 0.600. The number of thiazole rings is 1. The lowest BCUT2D eigenvalue weighted by Crippen LogP contribution is -2.49. The van der Waals surface area contributed by atoms with Gasteiger partial charge in [-0.25, -0.2) is 10.3 Å². The first-order valence-electron chi connectivity index (χ1n) is 12.2. The minimum Gasteiger partial charge on any atom is -0.368 e. The summed E-state index contributed by atoms with van der Waals surface area (Å²) in [6.07, 6.45) is 1.83. The highest BCUT2D eigenvalue weighted by atomic mass is 32.1. The Balaban J connectivity index is 1.22. The molecule has 5 nitrogen and oxygen atoms in total. The van der Waals surface area contributed by atoms with Crippen LogP contribution in [0.15, 0.2) is 29.6 Å². The number of nitrogens with zero attached hydrogens (tertiary/aromatic N) is 4. The van der Waals surface area contributed by atoms with Gasteiger partial charge >= 0.3 is 6.18 Å². The van der Waals surface area contributed by atoms with E-state index in [1.54, 1.807) is 22.3 Å². The van der Waals surface area contributed by atoms with Crippen molar-refractivity contribution in [1.29, 1.82) is 0 Å². The van der Waals surface area contributed by atoms with Gasteiger partial charge in [-0.05, 0) is 36.5 Å². The molecule has 0 bridgehead atoms. The van der Waals surface area contributed by atoms with Crippen LogP contribution in [-0.2, 0) is 6.18 Å². The van der Waals surface area contributed by atoms with E-state index >= 15 is 0 Å². The number of benzene rings is 1. The Bertz CT molecular complexity index is 996. The second-order valence-electron chi connectivity index (χ2n) is 9.63. The Morgan fingerprint density at radius 1 is 1.06 bits per heavy atom. The number of halogens is 3. The highest BCUT2D eigenvalue weighted by Crippen LogP contribution is 2.43. The summed E-state index contributed by atoms with van der Waals surface area (Å²) < 4.78 is 39.2. The summed E-state index contributed by atoms with van der Waals surface area (Å²) in [4.78, 5) is 21.6. The third kappa shape index (κ3) is 4.96. The number of anilines is 1. The van der Waals surface area contributed by atoms with Gasteiger partial charge in [0.15, 0.2) is 0 Å². The number of alkyl halides is 3. The number of piperidine rings is 1. The molecular weight excluding hydrogens is 461 g/mol. The van der Waals surface area contributed by atoms with Gasteiger partial charge in [-0.15, -0.1) is 11.3 Å². The molecule has 9 heteroatoms. The molecule has 3 aliphatic rings. The zero-order valence-corrected chi connectivity index (χ0v) is 20.0. The lowest BCUT2D eigenvalue weighted by atomic mass is 9.77. The van der Waals surface area contributed by atoms with E-state index < -0.39 is 11.7 Å². The van der Waals surface area contributed by atoms with Crippen LogP contribution in [0.2, 0.25) is 0 Å². The van der Waals surface area contributed by atoms with Crippen molar-refractivity contribution < 1.29 is 18.0 Å². The van der Waals surface area contributed by atoms with E-state index in [-0.39, 0.29) is 5.91 Å². The Morgan fingerprint density at radius 2 is 1.82 bits per heavy atom. The third-order valence-electron chi connectivity index (χ3n) is 7.62. The lowest BCUT2D eigenvalue weighted by molar-refractivity contribution is -0.137. The maximum atomic E-state index is 13.1. The molecule has 0 N–H and O–H groups in total. The van der Waals surface area contributed by atoms with Crippen molar-refractivity contribution in [2.45, 2.75) is 44.2 Å². The van der Waals surface area contributed by atoms with Crippen LogP contribution in [0.3, 0.4) is 0 Å². The summed E-state index contributed by atoms with van der Waals surface area (Å²) >= 11 is 1.59. The average Bonchev–Trinajstić information content (AvgIpc) is 3.56. The monoisotopic (exact) mass is 491 g/mol. The van der Waals surface area contributed by atoms with E-state index in [1.165, 1.54) is 37.8 Å². The Kier molecular flexibility index (Phi) is 6.84. The summed E-state index contributed by atoms with van der Waals surface area (Å²) in [5.74, 6) is 1.58. The molecule has 1 aliphatic carbocycles. The van der Waals surface area contributed by atoms with Crippen LogP contribution in [0, 0.1) is 11.8 Å². The van der Waals surface area contributed by atoms with Gasteiger partial charge in [-0.3, -0.25) is 4.79 Å². The van der Waals surface area contributed by atoms with Crippen LogP contribution in [0.4, 0.5) is 18.9 Å². The molecule has 2 atom stereocenters. The first kappa shape index (κ1) is 23.6. The van der Waals surface area contributed by atoms with Crippen molar-refractivity contribution in [2.24, 2.45) is 11.8 Å². The molecule has 2 saturated heterocycles. The fourth-order valence-electron chi connectivity index (χ4n) is 5.75. The number of hydrogen-bond donors (Lipinski definition) is 0. The number of hydrogen-bond acceptors (Lipinski definition) is 4. The molecule has 1 amide bonds. The number of amides is 1. The molecule has 0 spiro atoms. The molecule has 183 valence electrons. The maximum Gasteiger partial charge on any atom is 0.416 e. The van der Waals surface area contributed by atoms with Crippen molar-refractivity contribution in [3.63, 3.8) is 0 Å². The summed E-state index contributed by atoms with van der Waals surface area (Å²) in [5, 5.41) is 7.63. The van der Waals surface area contributed by atoms with Gasteiger partial charge in [-0.2, -0.15) is 13.2 Å². The highest BCUT2D eigenvalue weighted by Gasteiger charge is 2.37. The normalized spacial score (nSPS) is 24.6. The molecule has 1 radical (unpaired) electrons. The molecule has 2 aliphatic heterocycles. The van der Waals surface area contributed by atoms with E-state index in [0.29, 0.717) is 49.4 Å².